The van der Waals surface area contributed by atoms with Crippen LogP contribution in [0.1, 0.15) is 12.6 Å². The zero-order valence-electron chi connectivity index (χ0n) is 10.5. The molecular formula is C11H18Cl2N4O. The van der Waals surface area contributed by atoms with Crippen LogP contribution in [0.2, 0.25) is 10.2 Å². The molecule has 1 heterocycles. The SMILES string of the molecule is CCNC(=NCc1cc(Cl)c(Cl)n1C)NCCO. The topological polar surface area (TPSA) is 61.6 Å². The molecule has 0 aliphatic carbocycles. The van der Waals surface area contributed by atoms with E-state index in [0.717, 1.165) is 12.2 Å². The Morgan fingerprint density at radius 2 is 2.17 bits per heavy atom. The predicted octanol–water partition coefficient (Wildman–Crippen LogP) is 1.38. The van der Waals surface area contributed by atoms with Crippen LogP contribution in [0.25, 0.3) is 0 Å². The van der Waals surface area contributed by atoms with Gasteiger partial charge in [-0.1, -0.05) is 23.2 Å². The molecule has 3 N–H and O–H groups in total. The molecule has 0 spiro atoms. The van der Waals surface area contributed by atoms with Gasteiger partial charge < -0.3 is 20.3 Å². The van der Waals surface area contributed by atoms with Crippen molar-refractivity contribution in [3.8, 4) is 0 Å². The Kier molecular flexibility index (Phi) is 6.32. The molecule has 0 aliphatic rings. The number of aliphatic hydroxyl groups is 1. The van der Waals surface area contributed by atoms with Crippen LogP contribution in [0.3, 0.4) is 0 Å². The van der Waals surface area contributed by atoms with E-state index in [4.69, 9.17) is 28.3 Å². The minimum atomic E-state index is 0.0617. The zero-order chi connectivity index (χ0) is 13.5. The number of aromatic nitrogens is 1. The van der Waals surface area contributed by atoms with E-state index in [-0.39, 0.29) is 6.61 Å². The highest BCUT2D eigenvalue weighted by molar-refractivity contribution is 6.41. The van der Waals surface area contributed by atoms with Crippen LogP contribution >= 0.6 is 23.2 Å². The highest BCUT2D eigenvalue weighted by Gasteiger charge is 2.08. The third-order valence-electron chi connectivity index (χ3n) is 2.36. The average Bonchev–Trinajstić information content (AvgIpc) is 2.60. The van der Waals surface area contributed by atoms with Crippen molar-refractivity contribution < 1.29 is 5.11 Å². The summed E-state index contributed by atoms with van der Waals surface area (Å²) in [4.78, 5) is 4.38. The largest absolute Gasteiger partial charge is 0.395 e. The Balaban J connectivity index is 2.71. The van der Waals surface area contributed by atoms with Gasteiger partial charge in [0.2, 0.25) is 0 Å². The molecule has 0 aliphatic heterocycles. The van der Waals surface area contributed by atoms with Crippen LogP contribution in [0.5, 0.6) is 0 Å². The lowest BCUT2D eigenvalue weighted by atomic mass is 10.4. The van der Waals surface area contributed by atoms with E-state index in [1.807, 2.05) is 14.0 Å². The number of guanidine groups is 1. The van der Waals surface area contributed by atoms with Crippen molar-refractivity contribution in [1.29, 1.82) is 0 Å². The second-order valence-electron chi connectivity index (χ2n) is 3.68. The van der Waals surface area contributed by atoms with Gasteiger partial charge in [0.05, 0.1) is 18.2 Å². The van der Waals surface area contributed by atoms with E-state index in [1.165, 1.54) is 0 Å². The molecule has 0 saturated heterocycles. The maximum Gasteiger partial charge on any atom is 0.191 e. The van der Waals surface area contributed by atoms with Gasteiger partial charge in [0.1, 0.15) is 5.15 Å². The molecule has 102 valence electrons. The van der Waals surface area contributed by atoms with Gasteiger partial charge in [-0.15, -0.1) is 0 Å². The molecule has 7 heteroatoms. The molecule has 0 unspecified atom stereocenters. The molecule has 0 bridgehead atoms. The van der Waals surface area contributed by atoms with Gasteiger partial charge in [-0.05, 0) is 13.0 Å². The molecule has 0 fully saturated rings. The Morgan fingerprint density at radius 3 is 2.67 bits per heavy atom. The van der Waals surface area contributed by atoms with Gasteiger partial charge in [-0.3, -0.25) is 0 Å². The quantitative estimate of drug-likeness (QED) is 0.568. The molecule has 0 aromatic carbocycles. The van der Waals surface area contributed by atoms with Crippen LogP contribution in [-0.4, -0.2) is 35.3 Å². The maximum absolute atomic E-state index is 8.77. The molecule has 0 amide bonds. The van der Waals surface area contributed by atoms with Crippen LogP contribution in [0, 0.1) is 0 Å². The average molecular weight is 293 g/mol. The van der Waals surface area contributed by atoms with Crippen molar-refractivity contribution in [2.24, 2.45) is 12.0 Å². The Labute approximate surface area is 117 Å². The number of aliphatic imine (C=N–C) groups is 1. The molecule has 0 radical (unpaired) electrons. The first-order valence-corrected chi connectivity index (χ1v) is 6.48. The third kappa shape index (κ3) is 4.08. The lowest BCUT2D eigenvalue weighted by Crippen LogP contribution is -2.38. The maximum atomic E-state index is 8.77. The lowest BCUT2D eigenvalue weighted by Gasteiger charge is -2.10. The van der Waals surface area contributed by atoms with Crippen molar-refractivity contribution in [2.75, 3.05) is 19.7 Å². The van der Waals surface area contributed by atoms with E-state index in [9.17, 15) is 0 Å². The molecule has 1 aromatic rings. The van der Waals surface area contributed by atoms with Crippen LogP contribution in [-0.2, 0) is 13.6 Å². The Morgan fingerprint density at radius 1 is 1.44 bits per heavy atom. The number of hydrogen-bond donors (Lipinski definition) is 3. The summed E-state index contributed by atoms with van der Waals surface area (Å²) in [6.07, 6.45) is 0. The van der Waals surface area contributed by atoms with Crippen LogP contribution in [0.15, 0.2) is 11.1 Å². The summed E-state index contributed by atoms with van der Waals surface area (Å²) in [7, 11) is 1.84. The number of nitrogens with zero attached hydrogens (tertiary/aromatic N) is 2. The summed E-state index contributed by atoms with van der Waals surface area (Å²) in [6, 6.07) is 1.79. The molecular weight excluding hydrogens is 275 g/mol. The fourth-order valence-corrected chi connectivity index (χ4v) is 1.83. The van der Waals surface area contributed by atoms with Crippen LogP contribution < -0.4 is 10.6 Å². The van der Waals surface area contributed by atoms with Gasteiger partial charge in [0, 0.05) is 25.8 Å². The molecule has 0 saturated carbocycles. The van der Waals surface area contributed by atoms with Gasteiger partial charge in [0.15, 0.2) is 5.96 Å². The van der Waals surface area contributed by atoms with E-state index < -0.39 is 0 Å². The second kappa shape index (κ2) is 7.51. The minimum absolute atomic E-state index is 0.0617. The monoisotopic (exact) mass is 292 g/mol. The smallest absolute Gasteiger partial charge is 0.191 e. The third-order valence-corrected chi connectivity index (χ3v) is 3.21. The Bertz CT molecular complexity index is 417. The van der Waals surface area contributed by atoms with Gasteiger partial charge in [-0.25, -0.2) is 4.99 Å². The van der Waals surface area contributed by atoms with Gasteiger partial charge in [-0.2, -0.15) is 0 Å². The summed E-state index contributed by atoms with van der Waals surface area (Å²) in [6.45, 7) is 3.72. The number of rotatable bonds is 5. The van der Waals surface area contributed by atoms with Crippen molar-refractivity contribution in [3.63, 3.8) is 0 Å². The Hall–Kier alpha value is -0.910. The van der Waals surface area contributed by atoms with E-state index in [0.29, 0.717) is 29.2 Å². The second-order valence-corrected chi connectivity index (χ2v) is 4.44. The van der Waals surface area contributed by atoms with Crippen molar-refractivity contribution >= 4 is 29.2 Å². The highest BCUT2D eigenvalue weighted by Crippen LogP contribution is 2.25. The van der Waals surface area contributed by atoms with Crippen LogP contribution in [0.4, 0.5) is 0 Å². The predicted molar refractivity (Wildman–Crippen MR) is 75.3 cm³/mol. The molecule has 1 aromatic heterocycles. The van der Waals surface area contributed by atoms with E-state index >= 15 is 0 Å². The fourth-order valence-electron chi connectivity index (χ4n) is 1.42. The van der Waals surface area contributed by atoms with Gasteiger partial charge in [0.25, 0.3) is 0 Å². The number of aliphatic hydroxyl groups excluding tert-OH is 1. The normalized spacial score (nSPS) is 11.7. The molecule has 18 heavy (non-hydrogen) atoms. The summed E-state index contributed by atoms with van der Waals surface area (Å²) in [5.74, 6) is 0.653. The zero-order valence-corrected chi connectivity index (χ0v) is 12.0. The first-order chi connectivity index (χ1) is 8.60. The standard InChI is InChI=1S/C11H18Cl2N4O/c1-3-14-11(15-4-5-18)16-7-8-6-9(12)10(13)17(8)2/h6,18H,3-5,7H2,1-2H3,(H2,14,15,16). The molecule has 0 atom stereocenters. The van der Waals surface area contributed by atoms with Gasteiger partial charge >= 0.3 is 0 Å². The molecule has 1 rings (SSSR count). The highest BCUT2D eigenvalue weighted by atomic mass is 35.5. The number of hydrogen-bond acceptors (Lipinski definition) is 2. The number of nitrogens with one attached hydrogen (secondary N) is 2. The summed E-state index contributed by atoms with van der Waals surface area (Å²) >= 11 is 11.9. The lowest BCUT2D eigenvalue weighted by molar-refractivity contribution is 0.300. The van der Waals surface area contributed by atoms with Crippen molar-refractivity contribution in [3.05, 3.63) is 21.9 Å². The fraction of sp³-hybridized carbons (Fsp3) is 0.545. The summed E-state index contributed by atoms with van der Waals surface area (Å²) < 4.78 is 1.79. The first-order valence-electron chi connectivity index (χ1n) is 5.72. The van der Waals surface area contributed by atoms with Crippen molar-refractivity contribution in [1.82, 2.24) is 15.2 Å². The first kappa shape index (κ1) is 15.1. The van der Waals surface area contributed by atoms with E-state index in [2.05, 4.69) is 15.6 Å². The molecule has 5 nitrogen and oxygen atoms in total. The summed E-state index contributed by atoms with van der Waals surface area (Å²) in [5.41, 5.74) is 0.922. The summed E-state index contributed by atoms with van der Waals surface area (Å²) in [5, 5.41) is 15.9. The van der Waals surface area contributed by atoms with E-state index in [1.54, 1.807) is 10.6 Å². The van der Waals surface area contributed by atoms with Crippen molar-refractivity contribution in [2.45, 2.75) is 13.5 Å². The minimum Gasteiger partial charge on any atom is -0.395 e. The number of halogens is 2.